The quantitative estimate of drug-likeness (QED) is 0.770. The van der Waals surface area contributed by atoms with Crippen LogP contribution in [0.25, 0.3) is 0 Å². The molecule has 1 fully saturated rings. The number of benzene rings is 1. The fourth-order valence-electron chi connectivity index (χ4n) is 3.10. The Morgan fingerprint density at radius 1 is 1.22 bits per heavy atom. The predicted molar refractivity (Wildman–Crippen MR) is 96.2 cm³/mol. The molecule has 1 aromatic heterocycles. The fraction of sp³-hybridized carbons (Fsp3) is 0.389. The second kappa shape index (κ2) is 7.72. The predicted octanol–water partition coefficient (Wildman–Crippen LogP) is 4.87. The Hall–Kier alpha value is -2.35. The van der Waals surface area contributed by atoms with E-state index in [-0.39, 0.29) is 12.0 Å². The van der Waals surface area contributed by atoms with E-state index in [9.17, 15) is 18.0 Å². The highest BCUT2D eigenvalue weighted by atomic mass is 35.5. The molecule has 3 rings (SSSR count). The van der Waals surface area contributed by atoms with Crippen LogP contribution in [0.1, 0.15) is 47.3 Å². The molecular weight excluding hydrogens is 381 g/mol. The van der Waals surface area contributed by atoms with Crippen molar-refractivity contribution < 1.29 is 18.0 Å². The monoisotopic (exact) mass is 398 g/mol. The van der Waals surface area contributed by atoms with Gasteiger partial charge in [0, 0.05) is 22.9 Å². The molecule has 0 aliphatic heterocycles. The summed E-state index contributed by atoms with van der Waals surface area (Å²) in [6.07, 6.45) is -0.444. The van der Waals surface area contributed by atoms with Gasteiger partial charge in [0.15, 0.2) is 5.69 Å². The lowest BCUT2D eigenvalue weighted by Gasteiger charge is -2.16. The lowest BCUT2D eigenvalue weighted by Crippen LogP contribution is -2.34. The Labute approximate surface area is 159 Å². The minimum Gasteiger partial charge on any atom is -0.349 e. The molecule has 1 aromatic carbocycles. The van der Waals surface area contributed by atoms with Crippen molar-refractivity contribution in [3.05, 3.63) is 46.2 Å². The van der Waals surface area contributed by atoms with Gasteiger partial charge in [-0.3, -0.25) is 4.79 Å². The first kappa shape index (κ1) is 19.4. The maximum absolute atomic E-state index is 13.5. The van der Waals surface area contributed by atoms with Gasteiger partial charge in [0.05, 0.1) is 5.56 Å². The highest BCUT2D eigenvalue weighted by Gasteiger charge is 2.38. The van der Waals surface area contributed by atoms with Crippen molar-refractivity contribution in [3.63, 3.8) is 0 Å². The fourth-order valence-corrected chi connectivity index (χ4v) is 3.38. The number of halogens is 4. The van der Waals surface area contributed by atoms with Gasteiger partial charge in [-0.25, -0.2) is 9.97 Å². The number of aryl methyl sites for hydroxylation is 1. The number of amides is 1. The standard InChI is InChI=1S/C18H18ClF3N4O/c1-10-6-11(19)8-13(7-10)25-17-23-9-14(15(26-17)18(20,21)22)16(27)24-12-4-2-3-5-12/h6-9,12H,2-5H2,1H3,(H,24,27)(H,23,25,26). The number of carbonyl (C=O) groups is 1. The van der Waals surface area contributed by atoms with Gasteiger partial charge in [-0.1, -0.05) is 24.4 Å². The second-order valence-electron chi connectivity index (χ2n) is 6.55. The van der Waals surface area contributed by atoms with Gasteiger partial charge in [0.25, 0.3) is 5.91 Å². The Kier molecular flexibility index (Phi) is 5.55. The van der Waals surface area contributed by atoms with Crippen molar-refractivity contribution in [2.24, 2.45) is 0 Å². The maximum atomic E-state index is 13.5. The number of aromatic nitrogens is 2. The Bertz CT molecular complexity index is 831. The third-order valence-electron chi connectivity index (χ3n) is 4.29. The average molecular weight is 399 g/mol. The topological polar surface area (TPSA) is 66.9 Å². The number of anilines is 2. The molecule has 0 bridgehead atoms. The molecule has 27 heavy (non-hydrogen) atoms. The third-order valence-corrected chi connectivity index (χ3v) is 4.51. The van der Waals surface area contributed by atoms with Crippen LogP contribution in [0.2, 0.25) is 5.02 Å². The number of hydrogen-bond donors (Lipinski definition) is 2. The van der Waals surface area contributed by atoms with Crippen molar-refractivity contribution in [2.45, 2.75) is 44.8 Å². The number of nitrogens with zero attached hydrogens (tertiary/aromatic N) is 2. The van der Waals surface area contributed by atoms with E-state index < -0.39 is 23.3 Å². The van der Waals surface area contributed by atoms with E-state index in [1.807, 2.05) is 0 Å². The SMILES string of the molecule is Cc1cc(Cl)cc(Nc2ncc(C(=O)NC3CCCC3)c(C(F)(F)F)n2)c1. The Balaban J connectivity index is 1.88. The molecule has 1 aliphatic rings. The molecule has 0 spiro atoms. The zero-order chi connectivity index (χ0) is 19.6. The number of hydrogen-bond acceptors (Lipinski definition) is 4. The molecule has 2 N–H and O–H groups in total. The minimum atomic E-state index is -4.79. The summed E-state index contributed by atoms with van der Waals surface area (Å²) in [4.78, 5) is 19.7. The molecule has 144 valence electrons. The molecule has 5 nitrogen and oxygen atoms in total. The number of carbonyl (C=O) groups excluding carboxylic acids is 1. The Morgan fingerprint density at radius 3 is 2.56 bits per heavy atom. The molecule has 0 radical (unpaired) electrons. The van der Waals surface area contributed by atoms with Crippen LogP contribution in [0.15, 0.2) is 24.4 Å². The van der Waals surface area contributed by atoms with E-state index >= 15 is 0 Å². The van der Waals surface area contributed by atoms with Crippen molar-refractivity contribution in [2.75, 3.05) is 5.32 Å². The van der Waals surface area contributed by atoms with Gasteiger partial charge in [-0.2, -0.15) is 13.2 Å². The van der Waals surface area contributed by atoms with Crippen molar-refractivity contribution in [1.29, 1.82) is 0 Å². The first-order chi connectivity index (χ1) is 12.7. The highest BCUT2D eigenvalue weighted by molar-refractivity contribution is 6.30. The zero-order valence-electron chi connectivity index (χ0n) is 14.5. The summed E-state index contributed by atoms with van der Waals surface area (Å²) in [5.41, 5.74) is -0.568. The highest BCUT2D eigenvalue weighted by Crippen LogP contribution is 2.32. The molecule has 2 aromatic rings. The average Bonchev–Trinajstić information content (AvgIpc) is 3.06. The lowest BCUT2D eigenvalue weighted by atomic mass is 10.1. The van der Waals surface area contributed by atoms with Gasteiger partial charge in [-0.05, 0) is 43.5 Å². The van der Waals surface area contributed by atoms with Gasteiger partial charge in [0.1, 0.15) is 0 Å². The van der Waals surface area contributed by atoms with Gasteiger partial charge < -0.3 is 10.6 Å². The second-order valence-corrected chi connectivity index (χ2v) is 6.99. The molecule has 1 heterocycles. The van der Waals surface area contributed by atoms with Crippen LogP contribution in [-0.2, 0) is 6.18 Å². The van der Waals surface area contributed by atoms with Crippen LogP contribution >= 0.6 is 11.6 Å². The van der Waals surface area contributed by atoms with Crippen molar-refractivity contribution >= 4 is 29.1 Å². The molecule has 0 saturated heterocycles. The number of alkyl halides is 3. The summed E-state index contributed by atoms with van der Waals surface area (Å²) in [5, 5.41) is 5.77. The van der Waals surface area contributed by atoms with Crippen molar-refractivity contribution in [3.8, 4) is 0 Å². The summed E-state index contributed by atoms with van der Waals surface area (Å²) < 4.78 is 40.4. The van der Waals surface area contributed by atoms with Gasteiger partial charge in [-0.15, -0.1) is 0 Å². The van der Waals surface area contributed by atoms with E-state index in [0.29, 0.717) is 10.7 Å². The Morgan fingerprint density at radius 2 is 1.93 bits per heavy atom. The minimum absolute atomic E-state index is 0.106. The first-order valence-corrected chi connectivity index (χ1v) is 8.89. The molecule has 0 atom stereocenters. The molecule has 1 aliphatic carbocycles. The van der Waals surface area contributed by atoms with E-state index in [1.54, 1.807) is 25.1 Å². The largest absolute Gasteiger partial charge is 0.434 e. The first-order valence-electron chi connectivity index (χ1n) is 8.51. The van der Waals surface area contributed by atoms with Crippen LogP contribution in [0.4, 0.5) is 24.8 Å². The summed E-state index contributed by atoms with van der Waals surface area (Å²) in [6, 6.07) is 4.85. The summed E-state index contributed by atoms with van der Waals surface area (Å²) in [6.45, 7) is 1.80. The van der Waals surface area contributed by atoms with Gasteiger partial charge >= 0.3 is 6.18 Å². The normalized spacial score (nSPS) is 15.0. The summed E-state index contributed by atoms with van der Waals surface area (Å²) in [7, 11) is 0. The van der Waals surface area contributed by atoms with E-state index in [0.717, 1.165) is 37.4 Å². The van der Waals surface area contributed by atoms with E-state index in [4.69, 9.17) is 11.6 Å². The van der Waals surface area contributed by atoms with Gasteiger partial charge in [0.2, 0.25) is 5.95 Å². The third kappa shape index (κ3) is 4.88. The number of rotatable bonds is 4. The molecule has 1 amide bonds. The molecule has 1 saturated carbocycles. The number of nitrogens with one attached hydrogen (secondary N) is 2. The molecule has 0 unspecified atom stereocenters. The van der Waals surface area contributed by atoms with Crippen LogP contribution in [-0.4, -0.2) is 21.9 Å². The summed E-state index contributed by atoms with van der Waals surface area (Å²) >= 11 is 5.95. The van der Waals surface area contributed by atoms with Crippen LogP contribution in [0.5, 0.6) is 0 Å². The van der Waals surface area contributed by atoms with Crippen LogP contribution < -0.4 is 10.6 Å². The van der Waals surface area contributed by atoms with Crippen LogP contribution in [0, 0.1) is 6.92 Å². The maximum Gasteiger partial charge on any atom is 0.434 e. The van der Waals surface area contributed by atoms with Crippen molar-refractivity contribution in [1.82, 2.24) is 15.3 Å². The summed E-state index contributed by atoms with van der Waals surface area (Å²) in [5.74, 6) is -1.07. The molecular formula is C18H18ClF3N4O. The van der Waals surface area contributed by atoms with E-state index in [1.165, 1.54) is 0 Å². The zero-order valence-corrected chi connectivity index (χ0v) is 15.3. The lowest BCUT2D eigenvalue weighted by molar-refractivity contribution is -0.141. The molecule has 9 heteroatoms. The smallest absolute Gasteiger partial charge is 0.349 e. The van der Waals surface area contributed by atoms with E-state index in [2.05, 4.69) is 20.6 Å². The van der Waals surface area contributed by atoms with Crippen LogP contribution in [0.3, 0.4) is 0 Å².